The molecule has 0 N–H and O–H groups in total. The second-order valence-electron chi connectivity index (χ2n) is 5.47. The molecule has 3 rings (SSSR count). The summed E-state index contributed by atoms with van der Waals surface area (Å²) in [6.45, 7) is 4.12. The number of thiophene rings is 1. The average Bonchev–Trinajstić information content (AvgIpc) is 2.88. The van der Waals surface area contributed by atoms with Crippen molar-refractivity contribution in [1.82, 2.24) is 0 Å². The van der Waals surface area contributed by atoms with Crippen LogP contribution in [0.2, 0.25) is 0 Å². The zero-order valence-corrected chi connectivity index (χ0v) is 13.6. The molecule has 0 amide bonds. The summed E-state index contributed by atoms with van der Waals surface area (Å²) in [4.78, 5) is 14.7. The molecule has 110 valence electrons. The van der Waals surface area contributed by atoms with Crippen LogP contribution in [0.1, 0.15) is 25.7 Å². The SMILES string of the molecule is Cc1cc(C(=O)Cc2ccccc2-c2ccccc2)sc1C. The van der Waals surface area contributed by atoms with Crippen molar-refractivity contribution in [1.29, 1.82) is 0 Å². The highest BCUT2D eigenvalue weighted by Gasteiger charge is 2.13. The zero-order valence-electron chi connectivity index (χ0n) is 12.8. The van der Waals surface area contributed by atoms with E-state index in [2.05, 4.69) is 32.0 Å². The average molecular weight is 306 g/mol. The van der Waals surface area contributed by atoms with Crippen LogP contribution in [0, 0.1) is 13.8 Å². The standard InChI is InChI=1S/C20H18OS/c1-14-12-20(22-15(14)2)19(21)13-17-10-6-7-11-18(17)16-8-4-3-5-9-16/h3-12H,13H2,1-2H3. The number of ketones is 1. The second kappa shape index (κ2) is 6.29. The first-order valence-electron chi connectivity index (χ1n) is 7.38. The molecule has 0 saturated heterocycles. The first kappa shape index (κ1) is 14.7. The van der Waals surface area contributed by atoms with E-state index in [1.54, 1.807) is 11.3 Å². The van der Waals surface area contributed by atoms with Crippen LogP contribution in [0.3, 0.4) is 0 Å². The van der Waals surface area contributed by atoms with Gasteiger partial charge in [0.1, 0.15) is 0 Å². The van der Waals surface area contributed by atoms with Gasteiger partial charge in [0.2, 0.25) is 0 Å². The van der Waals surface area contributed by atoms with Gasteiger partial charge in [0.25, 0.3) is 0 Å². The molecule has 0 saturated carbocycles. The van der Waals surface area contributed by atoms with Gasteiger partial charge in [-0.2, -0.15) is 0 Å². The zero-order chi connectivity index (χ0) is 15.5. The Labute approximate surface area is 135 Å². The maximum atomic E-state index is 12.6. The summed E-state index contributed by atoms with van der Waals surface area (Å²) in [6, 6.07) is 20.4. The highest BCUT2D eigenvalue weighted by atomic mass is 32.1. The normalized spacial score (nSPS) is 10.6. The van der Waals surface area contributed by atoms with E-state index in [0.717, 1.165) is 21.6 Å². The molecule has 1 nitrogen and oxygen atoms in total. The van der Waals surface area contributed by atoms with Crippen molar-refractivity contribution < 1.29 is 4.79 Å². The van der Waals surface area contributed by atoms with Gasteiger partial charge in [0.05, 0.1) is 4.88 Å². The van der Waals surface area contributed by atoms with E-state index in [0.29, 0.717) is 6.42 Å². The second-order valence-corrected chi connectivity index (χ2v) is 6.73. The third-order valence-electron chi connectivity index (χ3n) is 3.89. The molecule has 0 radical (unpaired) electrons. The molecule has 0 aliphatic carbocycles. The maximum absolute atomic E-state index is 12.6. The molecule has 3 aromatic rings. The van der Waals surface area contributed by atoms with Crippen molar-refractivity contribution in [3.05, 3.63) is 81.5 Å². The first-order chi connectivity index (χ1) is 10.6. The molecule has 0 bridgehead atoms. The minimum absolute atomic E-state index is 0.199. The predicted molar refractivity (Wildman–Crippen MR) is 93.7 cm³/mol. The van der Waals surface area contributed by atoms with E-state index >= 15 is 0 Å². The van der Waals surface area contributed by atoms with E-state index < -0.39 is 0 Å². The van der Waals surface area contributed by atoms with E-state index in [-0.39, 0.29) is 5.78 Å². The van der Waals surface area contributed by atoms with Crippen molar-refractivity contribution in [2.45, 2.75) is 20.3 Å². The molecule has 1 heterocycles. The number of rotatable bonds is 4. The summed E-state index contributed by atoms with van der Waals surface area (Å²) in [6.07, 6.45) is 0.449. The molecule has 2 heteroatoms. The van der Waals surface area contributed by atoms with Gasteiger partial charge in [0.15, 0.2) is 5.78 Å². The van der Waals surface area contributed by atoms with Crippen LogP contribution in [0.25, 0.3) is 11.1 Å². The molecule has 0 spiro atoms. The van der Waals surface area contributed by atoms with Crippen LogP contribution in [0.5, 0.6) is 0 Å². The Hall–Kier alpha value is -2.19. The van der Waals surface area contributed by atoms with Gasteiger partial charge in [-0.05, 0) is 42.2 Å². The van der Waals surface area contributed by atoms with Crippen LogP contribution in [0.15, 0.2) is 60.7 Å². The molecular formula is C20H18OS. The van der Waals surface area contributed by atoms with Crippen LogP contribution in [0.4, 0.5) is 0 Å². The number of aryl methyl sites for hydroxylation is 2. The van der Waals surface area contributed by atoms with E-state index in [1.165, 1.54) is 10.4 Å². The third-order valence-corrected chi connectivity index (χ3v) is 5.09. The van der Waals surface area contributed by atoms with Crippen LogP contribution in [-0.2, 0) is 6.42 Å². The fraction of sp³-hybridized carbons (Fsp3) is 0.150. The van der Waals surface area contributed by atoms with E-state index in [9.17, 15) is 4.79 Å². The van der Waals surface area contributed by atoms with Crippen LogP contribution < -0.4 is 0 Å². The van der Waals surface area contributed by atoms with Crippen LogP contribution in [-0.4, -0.2) is 5.78 Å². The molecule has 0 aliphatic heterocycles. The number of carbonyl (C=O) groups excluding carboxylic acids is 1. The Balaban J connectivity index is 1.91. The molecule has 0 atom stereocenters. The molecule has 0 aliphatic rings. The van der Waals surface area contributed by atoms with Gasteiger partial charge in [-0.15, -0.1) is 11.3 Å². The monoisotopic (exact) mass is 306 g/mol. The van der Waals surface area contributed by atoms with Gasteiger partial charge < -0.3 is 0 Å². The molecule has 0 fully saturated rings. The lowest BCUT2D eigenvalue weighted by atomic mass is 9.96. The fourth-order valence-corrected chi connectivity index (χ4v) is 3.52. The maximum Gasteiger partial charge on any atom is 0.177 e. The lowest BCUT2D eigenvalue weighted by Crippen LogP contribution is -2.02. The van der Waals surface area contributed by atoms with Gasteiger partial charge in [-0.1, -0.05) is 54.6 Å². The summed E-state index contributed by atoms with van der Waals surface area (Å²) in [5.74, 6) is 0.199. The fourth-order valence-electron chi connectivity index (χ4n) is 2.54. The van der Waals surface area contributed by atoms with Gasteiger partial charge in [-0.3, -0.25) is 4.79 Å². The summed E-state index contributed by atoms with van der Waals surface area (Å²) in [7, 11) is 0. The number of hydrogen-bond acceptors (Lipinski definition) is 2. The Morgan fingerprint density at radius 2 is 1.64 bits per heavy atom. The van der Waals surface area contributed by atoms with Crippen molar-refractivity contribution >= 4 is 17.1 Å². The summed E-state index contributed by atoms with van der Waals surface area (Å²) in [5, 5.41) is 0. The highest BCUT2D eigenvalue weighted by molar-refractivity contribution is 7.14. The number of carbonyl (C=O) groups is 1. The first-order valence-corrected chi connectivity index (χ1v) is 8.20. The summed E-state index contributed by atoms with van der Waals surface area (Å²) < 4.78 is 0. The molecule has 1 aromatic heterocycles. The molecule has 2 aromatic carbocycles. The largest absolute Gasteiger partial charge is 0.293 e. The quantitative estimate of drug-likeness (QED) is 0.585. The highest BCUT2D eigenvalue weighted by Crippen LogP contribution is 2.27. The molecule has 22 heavy (non-hydrogen) atoms. The minimum Gasteiger partial charge on any atom is -0.293 e. The lowest BCUT2D eigenvalue weighted by Gasteiger charge is -2.08. The van der Waals surface area contributed by atoms with Gasteiger partial charge >= 0.3 is 0 Å². The van der Waals surface area contributed by atoms with Gasteiger partial charge in [0, 0.05) is 11.3 Å². The summed E-state index contributed by atoms with van der Waals surface area (Å²) >= 11 is 1.59. The van der Waals surface area contributed by atoms with E-state index in [4.69, 9.17) is 0 Å². The van der Waals surface area contributed by atoms with Crippen molar-refractivity contribution in [2.75, 3.05) is 0 Å². The van der Waals surface area contributed by atoms with Crippen LogP contribution >= 0.6 is 11.3 Å². The number of Topliss-reactive ketones (excluding diaryl/α,β-unsaturated/α-hetero) is 1. The topological polar surface area (TPSA) is 17.1 Å². The number of hydrogen-bond donors (Lipinski definition) is 0. The van der Waals surface area contributed by atoms with E-state index in [1.807, 2.05) is 42.5 Å². The molecular weight excluding hydrogens is 288 g/mol. The Morgan fingerprint density at radius 1 is 0.955 bits per heavy atom. The number of benzene rings is 2. The van der Waals surface area contributed by atoms with Crippen molar-refractivity contribution in [3.8, 4) is 11.1 Å². The minimum atomic E-state index is 0.199. The predicted octanol–water partition coefficient (Wildman–Crippen LogP) is 5.46. The third kappa shape index (κ3) is 3.02. The summed E-state index contributed by atoms with van der Waals surface area (Å²) in [5.41, 5.74) is 4.58. The van der Waals surface area contributed by atoms with Gasteiger partial charge in [-0.25, -0.2) is 0 Å². The van der Waals surface area contributed by atoms with Crippen molar-refractivity contribution in [2.24, 2.45) is 0 Å². The Kier molecular flexibility index (Phi) is 4.21. The Bertz CT molecular complexity index is 780. The van der Waals surface area contributed by atoms with Crippen molar-refractivity contribution in [3.63, 3.8) is 0 Å². The molecule has 0 unspecified atom stereocenters. The Morgan fingerprint density at radius 3 is 2.32 bits per heavy atom. The lowest BCUT2D eigenvalue weighted by molar-refractivity contribution is 0.0997. The smallest absolute Gasteiger partial charge is 0.177 e.